The maximum atomic E-state index is 13.9. The van der Waals surface area contributed by atoms with Crippen molar-refractivity contribution in [2.24, 2.45) is 5.92 Å². The number of nitrogens with zero attached hydrogens (tertiary/aromatic N) is 1. The molecule has 0 bridgehead atoms. The maximum Gasteiger partial charge on any atom is 0.229 e. The molecule has 3 rings (SSSR count). The summed E-state index contributed by atoms with van der Waals surface area (Å²) < 4.78 is 27.0. The minimum atomic E-state index is -0.814. The van der Waals surface area contributed by atoms with Crippen LogP contribution in [0.3, 0.4) is 0 Å². The summed E-state index contributed by atoms with van der Waals surface area (Å²) in [6.45, 7) is 2.17. The Kier molecular flexibility index (Phi) is 5.30. The number of amides is 2. The van der Waals surface area contributed by atoms with Crippen LogP contribution >= 0.6 is 0 Å². The Bertz CT molecular complexity index is 821. The Labute approximate surface area is 150 Å². The molecule has 4 nitrogen and oxygen atoms in total. The van der Waals surface area contributed by atoms with Crippen LogP contribution in [0, 0.1) is 17.6 Å². The van der Waals surface area contributed by atoms with Gasteiger partial charge in [-0.2, -0.15) is 0 Å². The van der Waals surface area contributed by atoms with Gasteiger partial charge >= 0.3 is 0 Å². The first-order valence-electron chi connectivity index (χ1n) is 8.63. The molecule has 0 spiro atoms. The molecule has 0 aromatic heterocycles. The van der Waals surface area contributed by atoms with Crippen LogP contribution in [0.4, 0.5) is 20.2 Å². The first-order valence-corrected chi connectivity index (χ1v) is 8.63. The van der Waals surface area contributed by atoms with Crippen molar-refractivity contribution in [1.29, 1.82) is 0 Å². The van der Waals surface area contributed by atoms with Gasteiger partial charge in [-0.25, -0.2) is 8.78 Å². The molecule has 1 atom stereocenters. The third-order valence-corrected chi connectivity index (χ3v) is 4.46. The van der Waals surface area contributed by atoms with E-state index in [1.165, 1.54) is 16.5 Å². The van der Waals surface area contributed by atoms with Crippen molar-refractivity contribution in [2.75, 3.05) is 16.8 Å². The Morgan fingerprint density at radius 3 is 2.58 bits per heavy atom. The lowest BCUT2D eigenvalue weighted by Gasteiger charge is -2.17. The second-order valence-electron chi connectivity index (χ2n) is 6.44. The topological polar surface area (TPSA) is 49.4 Å². The predicted molar refractivity (Wildman–Crippen MR) is 95.9 cm³/mol. The summed E-state index contributed by atoms with van der Waals surface area (Å²) >= 11 is 0. The Morgan fingerprint density at radius 1 is 1.19 bits per heavy atom. The second kappa shape index (κ2) is 7.64. The van der Waals surface area contributed by atoms with Crippen molar-refractivity contribution >= 4 is 23.2 Å². The number of carbonyl (C=O) groups is 2. The molecule has 26 heavy (non-hydrogen) atoms. The molecule has 1 fully saturated rings. The first-order chi connectivity index (χ1) is 12.5. The van der Waals surface area contributed by atoms with Crippen molar-refractivity contribution in [1.82, 2.24) is 0 Å². The van der Waals surface area contributed by atoms with E-state index < -0.39 is 17.6 Å². The SMILES string of the molecule is CCCc1ccc(NC(=O)C2CC(=O)N(c3ccc(F)cc3F)C2)cc1. The van der Waals surface area contributed by atoms with E-state index in [2.05, 4.69) is 12.2 Å². The van der Waals surface area contributed by atoms with Gasteiger partial charge in [0.2, 0.25) is 11.8 Å². The molecule has 6 heteroatoms. The van der Waals surface area contributed by atoms with E-state index in [9.17, 15) is 18.4 Å². The number of nitrogens with one attached hydrogen (secondary N) is 1. The Morgan fingerprint density at radius 2 is 1.92 bits per heavy atom. The van der Waals surface area contributed by atoms with Crippen LogP contribution in [0.2, 0.25) is 0 Å². The molecule has 2 aromatic carbocycles. The number of benzene rings is 2. The van der Waals surface area contributed by atoms with Crippen molar-refractivity contribution < 1.29 is 18.4 Å². The van der Waals surface area contributed by atoms with E-state index in [1.807, 2.05) is 24.3 Å². The number of anilines is 2. The summed E-state index contributed by atoms with van der Waals surface area (Å²) in [4.78, 5) is 25.8. The summed E-state index contributed by atoms with van der Waals surface area (Å²) in [5.74, 6) is -2.74. The normalized spacial score (nSPS) is 16.8. The van der Waals surface area contributed by atoms with Crippen LogP contribution in [0.15, 0.2) is 42.5 Å². The third kappa shape index (κ3) is 3.90. The minimum absolute atomic E-state index is 0.00340. The van der Waals surface area contributed by atoms with Gasteiger partial charge in [-0.15, -0.1) is 0 Å². The molecule has 2 aromatic rings. The smallest absolute Gasteiger partial charge is 0.229 e. The molecule has 0 saturated carbocycles. The van der Waals surface area contributed by atoms with Crippen molar-refractivity contribution in [3.8, 4) is 0 Å². The minimum Gasteiger partial charge on any atom is -0.326 e. The Hall–Kier alpha value is -2.76. The van der Waals surface area contributed by atoms with E-state index >= 15 is 0 Å². The highest BCUT2D eigenvalue weighted by Gasteiger charge is 2.36. The fourth-order valence-corrected chi connectivity index (χ4v) is 3.10. The fraction of sp³-hybridized carbons (Fsp3) is 0.300. The molecule has 1 saturated heterocycles. The van der Waals surface area contributed by atoms with Gasteiger partial charge in [-0.3, -0.25) is 9.59 Å². The average molecular weight is 358 g/mol. The molecule has 1 unspecified atom stereocenters. The number of aryl methyl sites for hydroxylation is 1. The zero-order chi connectivity index (χ0) is 18.7. The van der Waals surface area contributed by atoms with Gasteiger partial charge < -0.3 is 10.2 Å². The standard InChI is InChI=1S/C20H20F2N2O2/c1-2-3-13-4-7-16(8-5-13)23-20(26)14-10-19(25)24(12-14)18-9-6-15(21)11-17(18)22/h4-9,11,14H,2-3,10,12H2,1H3,(H,23,26). The first kappa shape index (κ1) is 18.0. The van der Waals surface area contributed by atoms with E-state index in [-0.39, 0.29) is 30.5 Å². The monoisotopic (exact) mass is 358 g/mol. The van der Waals surface area contributed by atoms with Gasteiger partial charge in [0.25, 0.3) is 0 Å². The van der Waals surface area contributed by atoms with E-state index in [4.69, 9.17) is 0 Å². The maximum absolute atomic E-state index is 13.9. The third-order valence-electron chi connectivity index (χ3n) is 4.46. The Balaban J connectivity index is 1.66. The zero-order valence-electron chi connectivity index (χ0n) is 14.5. The van der Waals surface area contributed by atoms with Gasteiger partial charge in [0, 0.05) is 24.7 Å². The number of hydrogen-bond acceptors (Lipinski definition) is 2. The lowest BCUT2D eigenvalue weighted by atomic mass is 10.1. The zero-order valence-corrected chi connectivity index (χ0v) is 14.5. The van der Waals surface area contributed by atoms with Crippen molar-refractivity contribution in [3.63, 3.8) is 0 Å². The molecule has 0 aliphatic carbocycles. The van der Waals surface area contributed by atoms with Gasteiger partial charge in [0.05, 0.1) is 11.6 Å². The van der Waals surface area contributed by atoms with Crippen LogP contribution in [-0.2, 0) is 16.0 Å². The van der Waals surface area contributed by atoms with Gasteiger partial charge in [-0.1, -0.05) is 25.5 Å². The quantitative estimate of drug-likeness (QED) is 0.881. The van der Waals surface area contributed by atoms with Gasteiger partial charge in [-0.05, 0) is 36.2 Å². The summed E-state index contributed by atoms with van der Waals surface area (Å²) in [6, 6.07) is 10.6. The van der Waals surface area contributed by atoms with Gasteiger partial charge in [0.15, 0.2) is 0 Å². The van der Waals surface area contributed by atoms with E-state index in [1.54, 1.807) is 0 Å². The highest BCUT2D eigenvalue weighted by molar-refractivity contribution is 6.03. The summed E-state index contributed by atoms with van der Waals surface area (Å²) in [6.07, 6.45) is 2.02. The molecular formula is C20H20F2N2O2. The summed E-state index contributed by atoms with van der Waals surface area (Å²) in [7, 11) is 0. The molecule has 2 amide bonds. The van der Waals surface area contributed by atoms with E-state index in [0.717, 1.165) is 25.0 Å². The fourth-order valence-electron chi connectivity index (χ4n) is 3.10. The molecule has 1 aliphatic rings. The number of hydrogen-bond donors (Lipinski definition) is 1. The number of carbonyl (C=O) groups excluding carboxylic acids is 2. The van der Waals surface area contributed by atoms with Crippen molar-refractivity contribution in [2.45, 2.75) is 26.2 Å². The summed E-state index contributed by atoms with van der Waals surface area (Å²) in [5, 5.41) is 2.80. The van der Waals surface area contributed by atoms with Crippen LogP contribution in [0.1, 0.15) is 25.3 Å². The molecule has 0 radical (unpaired) electrons. The second-order valence-corrected chi connectivity index (χ2v) is 6.44. The van der Waals surface area contributed by atoms with Gasteiger partial charge in [0.1, 0.15) is 11.6 Å². The average Bonchev–Trinajstić information content (AvgIpc) is 2.99. The lowest BCUT2D eigenvalue weighted by Crippen LogP contribution is -2.28. The van der Waals surface area contributed by atoms with Crippen LogP contribution in [0.25, 0.3) is 0 Å². The highest BCUT2D eigenvalue weighted by atomic mass is 19.1. The van der Waals surface area contributed by atoms with Crippen LogP contribution < -0.4 is 10.2 Å². The highest BCUT2D eigenvalue weighted by Crippen LogP contribution is 2.28. The van der Waals surface area contributed by atoms with Crippen LogP contribution in [0.5, 0.6) is 0 Å². The van der Waals surface area contributed by atoms with E-state index in [0.29, 0.717) is 5.69 Å². The molecular weight excluding hydrogens is 338 g/mol. The largest absolute Gasteiger partial charge is 0.326 e. The van der Waals surface area contributed by atoms with Crippen LogP contribution in [-0.4, -0.2) is 18.4 Å². The summed E-state index contributed by atoms with van der Waals surface area (Å²) in [5.41, 5.74) is 1.85. The predicted octanol–water partition coefficient (Wildman–Crippen LogP) is 3.91. The number of rotatable bonds is 5. The molecule has 1 N–H and O–H groups in total. The molecule has 1 heterocycles. The van der Waals surface area contributed by atoms with Crippen molar-refractivity contribution in [3.05, 3.63) is 59.7 Å². The number of halogens is 2. The lowest BCUT2D eigenvalue weighted by molar-refractivity contribution is -0.122. The molecule has 1 aliphatic heterocycles. The molecule has 136 valence electrons.